The van der Waals surface area contributed by atoms with Crippen LogP contribution in [0.1, 0.15) is 16.8 Å². The molecular weight excluding hydrogens is 438 g/mol. The van der Waals surface area contributed by atoms with Crippen LogP contribution in [0.3, 0.4) is 0 Å². The molecule has 0 saturated heterocycles. The van der Waals surface area contributed by atoms with Gasteiger partial charge in [-0.3, -0.25) is 23.3 Å². The number of nitrogens with one attached hydrogen (secondary N) is 1. The standard InChI is InChI=1S/C23H23N7O4/c1-13-14(2)30(15-6-8-16(34-5)9-7-15)20(17(13)10-24)26-18(31)11-29-12-25-21-19(29)22(32)28(4)23(33)27(21)3/h6-9,12H,11H2,1-5H3,(H,26,31). The number of ether oxygens (including phenoxy) is 1. The summed E-state index contributed by atoms with van der Waals surface area (Å²) in [5.41, 5.74) is 1.90. The van der Waals surface area contributed by atoms with Crippen LogP contribution in [0, 0.1) is 25.2 Å². The molecule has 1 amide bonds. The Kier molecular flexibility index (Phi) is 5.58. The number of fused-ring (bicyclic) bond motifs is 1. The van der Waals surface area contributed by atoms with E-state index in [1.807, 2.05) is 26.0 Å². The third kappa shape index (κ3) is 3.45. The molecule has 0 bridgehead atoms. The van der Waals surface area contributed by atoms with E-state index in [0.717, 1.165) is 21.5 Å². The van der Waals surface area contributed by atoms with Crippen LogP contribution in [0.15, 0.2) is 40.2 Å². The van der Waals surface area contributed by atoms with Gasteiger partial charge in [0.15, 0.2) is 11.2 Å². The highest BCUT2D eigenvalue weighted by atomic mass is 16.5. The number of benzene rings is 1. The molecule has 0 aliphatic rings. The van der Waals surface area contributed by atoms with E-state index in [-0.39, 0.29) is 17.7 Å². The maximum atomic E-state index is 13.1. The second-order valence-corrected chi connectivity index (χ2v) is 7.88. The van der Waals surface area contributed by atoms with E-state index in [2.05, 4.69) is 16.4 Å². The van der Waals surface area contributed by atoms with E-state index in [9.17, 15) is 19.6 Å². The molecule has 11 nitrogen and oxygen atoms in total. The summed E-state index contributed by atoms with van der Waals surface area (Å²) < 4.78 is 10.6. The van der Waals surface area contributed by atoms with Crippen molar-refractivity contribution in [1.29, 1.82) is 5.26 Å². The Morgan fingerprint density at radius 3 is 2.44 bits per heavy atom. The van der Waals surface area contributed by atoms with Crippen LogP contribution < -0.4 is 21.3 Å². The molecule has 4 rings (SSSR count). The Hall–Kier alpha value is -4.59. The summed E-state index contributed by atoms with van der Waals surface area (Å²) in [5, 5.41) is 12.6. The molecule has 0 saturated carbocycles. The molecule has 0 radical (unpaired) electrons. The minimum atomic E-state index is -0.547. The normalized spacial score (nSPS) is 10.9. The average molecular weight is 461 g/mol. The number of hydrogen-bond donors (Lipinski definition) is 1. The molecule has 174 valence electrons. The van der Waals surface area contributed by atoms with Crippen LogP contribution >= 0.6 is 0 Å². The highest BCUT2D eigenvalue weighted by Crippen LogP contribution is 2.30. The summed E-state index contributed by atoms with van der Waals surface area (Å²) in [7, 11) is 4.45. The number of anilines is 1. The van der Waals surface area contributed by atoms with E-state index < -0.39 is 17.2 Å². The van der Waals surface area contributed by atoms with Crippen LogP contribution in [0.2, 0.25) is 0 Å². The third-order valence-corrected chi connectivity index (χ3v) is 5.94. The van der Waals surface area contributed by atoms with Crippen molar-refractivity contribution in [2.24, 2.45) is 14.1 Å². The zero-order chi connectivity index (χ0) is 24.7. The highest BCUT2D eigenvalue weighted by Gasteiger charge is 2.22. The predicted octanol–water partition coefficient (Wildman–Crippen LogP) is 1.36. The lowest BCUT2D eigenvalue weighted by Gasteiger charge is -2.14. The Morgan fingerprint density at radius 2 is 1.82 bits per heavy atom. The number of nitrogens with zero attached hydrogens (tertiary/aromatic N) is 6. The summed E-state index contributed by atoms with van der Waals surface area (Å²) in [6.07, 6.45) is 1.34. The monoisotopic (exact) mass is 461 g/mol. The zero-order valence-corrected chi connectivity index (χ0v) is 19.4. The Bertz CT molecular complexity index is 1590. The number of imidazole rings is 1. The van der Waals surface area contributed by atoms with Gasteiger partial charge in [-0.15, -0.1) is 0 Å². The van der Waals surface area contributed by atoms with E-state index in [1.54, 1.807) is 23.8 Å². The van der Waals surface area contributed by atoms with Crippen molar-refractivity contribution < 1.29 is 9.53 Å². The largest absolute Gasteiger partial charge is 0.497 e. The van der Waals surface area contributed by atoms with Gasteiger partial charge in [0.1, 0.15) is 24.2 Å². The maximum absolute atomic E-state index is 13.1. The van der Waals surface area contributed by atoms with Crippen molar-refractivity contribution in [3.63, 3.8) is 0 Å². The van der Waals surface area contributed by atoms with Crippen molar-refractivity contribution in [3.05, 3.63) is 68.3 Å². The molecule has 0 atom stereocenters. The quantitative estimate of drug-likeness (QED) is 0.478. The number of methoxy groups -OCH3 is 1. The minimum Gasteiger partial charge on any atom is -0.497 e. The topological polar surface area (TPSA) is 129 Å². The van der Waals surface area contributed by atoms with Gasteiger partial charge in [-0.1, -0.05) is 0 Å². The second kappa shape index (κ2) is 8.40. The number of hydrogen-bond acceptors (Lipinski definition) is 6. The molecule has 1 N–H and O–H groups in total. The van der Waals surface area contributed by atoms with E-state index in [4.69, 9.17) is 4.74 Å². The number of nitriles is 1. The van der Waals surface area contributed by atoms with Gasteiger partial charge in [0.05, 0.1) is 19.0 Å². The van der Waals surface area contributed by atoms with Gasteiger partial charge in [0.25, 0.3) is 5.56 Å². The number of aryl methyl sites for hydroxylation is 1. The van der Waals surface area contributed by atoms with Crippen LogP contribution in [0.4, 0.5) is 5.82 Å². The van der Waals surface area contributed by atoms with Gasteiger partial charge in [-0.05, 0) is 43.7 Å². The third-order valence-electron chi connectivity index (χ3n) is 5.94. The van der Waals surface area contributed by atoms with Gasteiger partial charge >= 0.3 is 5.69 Å². The molecule has 3 heterocycles. The molecule has 4 aromatic rings. The summed E-state index contributed by atoms with van der Waals surface area (Å²) in [5.74, 6) is 0.552. The van der Waals surface area contributed by atoms with Gasteiger partial charge in [0.2, 0.25) is 5.91 Å². The van der Waals surface area contributed by atoms with Crippen molar-refractivity contribution in [2.75, 3.05) is 12.4 Å². The molecule has 34 heavy (non-hydrogen) atoms. The SMILES string of the molecule is COc1ccc(-n2c(C)c(C)c(C#N)c2NC(=O)Cn2cnc3c2c(=O)n(C)c(=O)n3C)cc1. The minimum absolute atomic E-state index is 0.137. The number of carbonyl (C=O) groups excluding carboxylic acids is 1. The number of aromatic nitrogens is 5. The van der Waals surface area contributed by atoms with E-state index >= 15 is 0 Å². The van der Waals surface area contributed by atoms with Crippen LogP contribution in [-0.4, -0.2) is 36.3 Å². The molecule has 11 heteroatoms. The maximum Gasteiger partial charge on any atom is 0.332 e. The average Bonchev–Trinajstić information content (AvgIpc) is 3.34. The van der Waals surface area contributed by atoms with Gasteiger partial charge < -0.3 is 14.6 Å². The number of rotatable bonds is 5. The fourth-order valence-corrected chi connectivity index (χ4v) is 3.96. The summed E-state index contributed by atoms with van der Waals surface area (Å²) in [6, 6.07) is 9.41. The first-order chi connectivity index (χ1) is 16.2. The highest BCUT2D eigenvalue weighted by molar-refractivity contribution is 5.93. The summed E-state index contributed by atoms with van der Waals surface area (Å²) in [6.45, 7) is 3.45. The lowest BCUT2D eigenvalue weighted by molar-refractivity contribution is -0.116. The fraction of sp³-hybridized carbons (Fsp3) is 0.261. The first-order valence-electron chi connectivity index (χ1n) is 10.4. The zero-order valence-electron chi connectivity index (χ0n) is 19.4. The molecule has 1 aromatic carbocycles. The van der Waals surface area contributed by atoms with E-state index in [1.165, 1.54) is 29.6 Å². The Morgan fingerprint density at radius 1 is 1.15 bits per heavy atom. The molecule has 0 aliphatic carbocycles. The number of carbonyl (C=O) groups is 1. The lowest BCUT2D eigenvalue weighted by atomic mass is 10.2. The van der Waals surface area contributed by atoms with Crippen molar-refractivity contribution in [2.45, 2.75) is 20.4 Å². The first-order valence-corrected chi connectivity index (χ1v) is 10.4. The summed E-state index contributed by atoms with van der Waals surface area (Å²) >= 11 is 0. The number of amides is 1. The fourth-order valence-electron chi connectivity index (χ4n) is 3.96. The summed E-state index contributed by atoms with van der Waals surface area (Å²) in [4.78, 5) is 42.0. The van der Waals surface area contributed by atoms with Crippen LogP contribution in [0.5, 0.6) is 5.75 Å². The van der Waals surface area contributed by atoms with Gasteiger partial charge in [0, 0.05) is 25.5 Å². The smallest absolute Gasteiger partial charge is 0.332 e. The van der Waals surface area contributed by atoms with E-state index in [0.29, 0.717) is 17.1 Å². The first kappa shape index (κ1) is 22.6. The van der Waals surface area contributed by atoms with Crippen LogP contribution in [-0.2, 0) is 25.4 Å². The molecule has 3 aromatic heterocycles. The Labute approximate surface area is 194 Å². The molecule has 0 fully saturated rings. The molecular formula is C23H23N7O4. The molecule has 0 aliphatic heterocycles. The van der Waals surface area contributed by atoms with Crippen LogP contribution in [0.25, 0.3) is 16.9 Å². The van der Waals surface area contributed by atoms with Crippen molar-refractivity contribution in [3.8, 4) is 17.5 Å². The van der Waals surface area contributed by atoms with Crippen molar-refractivity contribution >= 4 is 22.9 Å². The molecule has 0 unspecified atom stereocenters. The lowest BCUT2D eigenvalue weighted by Crippen LogP contribution is -2.37. The van der Waals surface area contributed by atoms with Gasteiger partial charge in [-0.2, -0.15) is 5.26 Å². The van der Waals surface area contributed by atoms with Crippen molar-refractivity contribution in [1.82, 2.24) is 23.3 Å². The predicted molar refractivity (Wildman–Crippen MR) is 125 cm³/mol. The second-order valence-electron chi connectivity index (χ2n) is 7.88. The van der Waals surface area contributed by atoms with Gasteiger partial charge in [-0.25, -0.2) is 9.78 Å². The Balaban J connectivity index is 1.75. The molecule has 0 spiro atoms.